The van der Waals surface area contributed by atoms with E-state index in [1.165, 1.54) is 6.33 Å². The Labute approximate surface area is 114 Å². The van der Waals surface area contributed by atoms with Gasteiger partial charge in [-0.15, -0.1) is 0 Å². The summed E-state index contributed by atoms with van der Waals surface area (Å²) in [4.78, 5) is 17.8. The van der Waals surface area contributed by atoms with Crippen LogP contribution in [0.1, 0.15) is 6.92 Å². The SMILES string of the molecule is CCOc1ccc(Nc2ncnc(N)c2[N+](=O)[O-])cc1. The van der Waals surface area contributed by atoms with Crippen molar-refractivity contribution in [2.75, 3.05) is 17.7 Å². The Morgan fingerprint density at radius 1 is 1.35 bits per heavy atom. The molecule has 0 amide bonds. The van der Waals surface area contributed by atoms with Gasteiger partial charge in [0.2, 0.25) is 11.6 Å². The van der Waals surface area contributed by atoms with Gasteiger partial charge in [0.15, 0.2) is 0 Å². The summed E-state index contributed by atoms with van der Waals surface area (Å²) in [5, 5.41) is 13.8. The van der Waals surface area contributed by atoms with Gasteiger partial charge >= 0.3 is 5.69 Å². The van der Waals surface area contributed by atoms with Gasteiger partial charge in [-0.2, -0.15) is 0 Å². The molecular formula is C12H13N5O3. The van der Waals surface area contributed by atoms with E-state index >= 15 is 0 Å². The second-order valence-corrected chi connectivity index (χ2v) is 3.80. The molecule has 8 heteroatoms. The number of rotatable bonds is 5. The third kappa shape index (κ3) is 2.91. The molecule has 0 unspecified atom stereocenters. The first-order valence-electron chi connectivity index (χ1n) is 5.86. The van der Waals surface area contributed by atoms with Crippen LogP contribution in [0, 0.1) is 10.1 Å². The van der Waals surface area contributed by atoms with E-state index in [1.807, 2.05) is 6.92 Å². The standard InChI is InChI=1S/C12H13N5O3/c1-2-20-9-5-3-8(4-6-9)16-12-10(17(18)19)11(13)14-7-15-12/h3-7H,2H2,1H3,(H3,13,14,15,16). The Morgan fingerprint density at radius 3 is 2.65 bits per heavy atom. The number of benzene rings is 1. The number of ether oxygens (including phenoxy) is 1. The lowest BCUT2D eigenvalue weighted by Crippen LogP contribution is -2.05. The van der Waals surface area contributed by atoms with Gasteiger partial charge in [0.05, 0.1) is 11.5 Å². The minimum absolute atomic E-state index is 0.0478. The Morgan fingerprint density at radius 2 is 2.05 bits per heavy atom. The molecule has 0 spiro atoms. The lowest BCUT2D eigenvalue weighted by atomic mass is 10.3. The molecule has 1 aromatic heterocycles. The smallest absolute Gasteiger partial charge is 0.353 e. The lowest BCUT2D eigenvalue weighted by Gasteiger charge is -2.08. The molecule has 1 heterocycles. The summed E-state index contributed by atoms with van der Waals surface area (Å²) in [5.41, 5.74) is 5.77. The summed E-state index contributed by atoms with van der Waals surface area (Å²) in [7, 11) is 0. The molecule has 0 bridgehead atoms. The second-order valence-electron chi connectivity index (χ2n) is 3.80. The molecule has 2 rings (SSSR count). The highest BCUT2D eigenvalue weighted by molar-refractivity contribution is 5.72. The van der Waals surface area contributed by atoms with Crippen molar-refractivity contribution < 1.29 is 9.66 Å². The number of hydrogen-bond acceptors (Lipinski definition) is 7. The molecule has 0 saturated heterocycles. The van der Waals surface area contributed by atoms with Gasteiger partial charge < -0.3 is 15.8 Å². The van der Waals surface area contributed by atoms with Gasteiger partial charge in [-0.3, -0.25) is 10.1 Å². The Balaban J connectivity index is 2.26. The maximum absolute atomic E-state index is 11.0. The van der Waals surface area contributed by atoms with E-state index in [2.05, 4.69) is 15.3 Å². The summed E-state index contributed by atoms with van der Waals surface area (Å²) < 4.78 is 5.31. The first kappa shape index (κ1) is 13.5. The summed E-state index contributed by atoms with van der Waals surface area (Å²) >= 11 is 0. The number of aromatic nitrogens is 2. The van der Waals surface area contributed by atoms with Gasteiger partial charge in [-0.25, -0.2) is 9.97 Å². The van der Waals surface area contributed by atoms with E-state index < -0.39 is 4.92 Å². The van der Waals surface area contributed by atoms with Crippen LogP contribution in [0.25, 0.3) is 0 Å². The highest BCUT2D eigenvalue weighted by Crippen LogP contribution is 2.29. The molecule has 0 aliphatic rings. The maximum Gasteiger partial charge on any atom is 0.353 e. The Hall–Kier alpha value is -2.90. The zero-order valence-corrected chi connectivity index (χ0v) is 10.7. The fourth-order valence-electron chi connectivity index (χ4n) is 1.60. The monoisotopic (exact) mass is 275 g/mol. The molecule has 3 N–H and O–H groups in total. The van der Waals surface area contributed by atoms with E-state index in [1.54, 1.807) is 24.3 Å². The molecule has 20 heavy (non-hydrogen) atoms. The normalized spacial score (nSPS) is 10.1. The summed E-state index contributed by atoms with van der Waals surface area (Å²) in [6.45, 7) is 2.46. The van der Waals surface area contributed by atoms with E-state index in [4.69, 9.17) is 10.5 Å². The molecule has 0 saturated carbocycles. The number of anilines is 3. The predicted molar refractivity (Wildman–Crippen MR) is 74.0 cm³/mol. The second kappa shape index (κ2) is 5.83. The number of nitrogens with two attached hydrogens (primary N) is 1. The van der Waals surface area contributed by atoms with Crippen molar-refractivity contribution >= 4 is 23.0 Å². The van der Waals surface area contributed by atoms with Gasteiger partial charge in [0.1, 0.15) is 12.1 Å². The van der Waals surface area contributed by atoms with Crippen LogP contribution in [0.3, 0.4) is 0 Å². The lowest BCUT2D eigenvalue weighted by molar-refractivity contribution is -0.383. The molecule has 0 atom stereocenters. The average molecular weight is 275 g/mol. The van der Waals surface area contributed by atoms with Gasteiger partial charge in [0, 0.05) is 5.69 Å². The van der Waals surface area contributed by atoms with Crippen LogP contribution in [-0.4, -0.2) is 21.5 Å². The van der Waals surface area contributed by atoms with Crippen molar-refractivity contribution in [3.05, 3.63) is 40.7 Å². The van der Waals surface area contributed by atoms with Crippen molar-refractivity contribution in [1.29, 1.82) is 0 Å². The first-order chi connectivity index (χ1) is 9.61. The molecule has 0 fully saturated rings. The number of hydrogen-bond donors (Lipinski definition) is 2. The molecule has 0 radical (unpaired) electrons. The summed E-state index contributed by atoms with van der Waals surface area (Å²) in [5.74, 6) is 0.583. The molecule has 1 aromatic carbocycles. The molecule has 2 aromatic rings. The quantitative estimate of drug-likeness (QED) is 0.634. The van der Waals surface area contributed by atoms with Gasteiger partial charge in [-0.1, -0.05) is 0 Å². The molecule has 8 nitrogen and oxygen atoms in total. The van der Waals surface area contributed by atoms with Crippen LogP contribution >= 0.6 is 0 Å². The van der Waals surface area contributed by atoms with E-state index in [0.717, 1.165) is 5.75 Å². The summed E-state index contributed by atoms with van der Waals surface area (Å²) in [6.07, 6.45) is 1.17. The number of nitrogens with zero attached hydrogens (tertiary/aromatic N) is 3. The third-order valence-corrected chi connectivity index (χ3v) is 2.46. The number of nitro groups is 1. The highest BCUT2D eigenvalue weighted by atomic mass is 16.6. The van der Waals surface area contributed by atoms with Crippen molar-refractivity contribution in [2.24, 2.45) is 0 Å². The van der Waals surface area contributed by atoms with Crippen LogP contribution in [0.15, 0.2) is 30.6 Å². The van der Waals surface area contributed by atoms with Crippen molar-refractivity contribution in [3.8, 4) is 5.75 Å². The van der Waals surface area contributed by atoms with Crippen LogP contribution in [0.2, 0.25) is 0 Å². The highest BCUT2D eigenvalue weighted by Gasteiger charge is 2.20. The molecular weight excluding hydrogens is 262 g/mol. The Bertz CT molecular complexity index is 615. The van der Waals surface area contributed by atoms with Crippen LogP contribution in [0.4, 0.5) is 23.0 Å². The van der Waals surface area contributed by atoms with E-state index in [0.29, 0.717) is 12.3 Å². The molecule has 104 valence electrons. The predicted octanol–water partition coefficient (Wildman–Crippen LogP) is 2.11. The third-order valence-electron chi connectivity index (χ3n) is 2.46. The maximum atomic E-state index is 11.0. The van der Waals surface area contributed by atoms with Crippen molar-refractivity contribution in [1.82, 2.24) is 9.97 Å². The Kier molecular flexibility index (Phi) is 3.94. The zero-order valence-electron chi connectivity index (χ0n) is 10.7. The van der Waals surface area contributed by atoms with E-state index in [9.17, 15) is 10.1 Å². The van der Waals surface area contributed by atoms with Crippen molar-refractivity contribution in [3.63, 3.8) is 0 Å². The topological polar surface area (TPSA) is 116 Å². The number of nitrogens with one attached hydrogen (secondary N) is 1. The van der Waals surface area contributed by atoms with Crippen molar-refractivity contribution in [2.45, 2.75) is 6.92 Å². The minimum atomic E-state index is -0.619. The first-order valence-corrected chi connectivity index (χ1v) is 5.86. The summed E-state index contributed by atoms with van der Waals surface area (Å²) in [6, 6.07) is 6.96. The van der Waals surface area contributed by atoms with Gasteiger partial charge in [0.25, 0.3) is 0 Å². The van der Waals surface area contributed by atoms with E-state index in [-0.39, 0.29) is 17.3 Å². The van der Waals surface area contributed by atoms with Crippen LogP contribution in [0.5, 0.6) is 5.75 Å². The fraction of sp³-hybridized carbons (Fsp3) is 0.167. The minimum Gasteiger partial charge on any atom is -0.494 e. The van der Waals surface area contributed by atoms with Gasteiger partial charge in [-0.05, 0) is 31.2 Å². The van der Waals surface area contributed by atoms with Crippen LogP contribution < -0.4 is 15.8 Å². The fourth-order valence-corrected chi connectivity index (χ4v) is 1.60. The number of nitrogen functional groups attached to an aromatic ring is 1. The largest absolute Gasteiger partial charge is 0.494 e. The zero-order chi connectivity index (χ0) is 14.5. The molecule has 0 aliphatic carbocycles. The van der Waals surface area contributed by atoms with Crippen LogP contribution in [-0.2, 0) is 0 Å². The molecule has 0 aliphatic heterocycles. The average Bonchev–Trinajstić information content (AvgIpc) is 2.41.